The van der Waals surface area contributed by atoms with Crippen molar-refractivity contribution in [2.75, 3.05) is 12.3 Å². The largest absolute Gasteiger partial charge is 0.503 e. The van der Waals surface area contributed by atoms with Gasteiger partial charge in [0.05, 0.1) is 7.11 Å². The molecule has 1 aromatic carbocycles. The van der Waals surface area contributed by atoms with E-state index in [1.165, 1.54) is 7.11 Å². The molecule has 0 amide bonds. The molecule has 4 rings (SSSR count). The van der Waals surface area contributed by atoms with Crippen molar-refractivity contribution in [3.05, 3.63) is 17.2 Å². The summed E-state index contributed by atoms with van der Waals surface area (Å²) in [5.41, 5.74) is 1.62. The van der Waals surface area contributed by atoms with E-state index in [2.05, 4.69) is 6.92 Å². The van der Waals surface area contributed by atoms with E-state index in [9.17, 15) is 20.3 Å². The average molecular weight is 347 g/mol. The maximum atomic E-state index is 12.4. The molecular weight excluding hydrogens is 322 g/mol. The van der Waals surface area contributed by atoms with Crippen molar-refractivity contribution < 1.29 is 25.1 Å². The van der Waals surface area contributed by atoms with Gasteiger partial charge < -0.3 is 9.84 Å². The fraction of sp³-hybridized carbons (Fsp3) is 0.632. The van der Waals surface area contributed by atoms with Crippen LogP contribution in [0.4, 0.5) is 5.69 Å². The predicted molar refractivity (Wildman–Crippen MR) is 90.3 cm³/mol. The monoisotopic (exact) mass is 347 g/mol. The van der Waals surface area contributed by atoms with Crippen molar-refractivity contribution in [3.8, 4) is 11.5 Å². The highest BCUT2D eigenvalue weighted by Crippen LogP contribution is 2.61. The van der Waals surface area contributed by atoms with Gasteiger partial charge in [0.2, 0.25) is 0 Å². The zero-order chi connectivity index (χ0) is 17.9. The van der Waals surface area contributed by atoms with E-state index in [0.29, 0.717) is 30.5 Å². The minimum atomic E-state index is -0.249. The van der Waals surface area contributed by atoms with Crippen LogP contribution in [-0.2, 0) is 11.2 Å². The van der Waals surface area contributed by atoms with Gasteiger partial charge >= 0.3 is 0 Å². The topological polar surface area (TPSA) is 90.2 Å². The SMILES string of the molecule is COc1cc2c(c(N(O)O)c1O)CCC1C2CC[C@]2(C)C(=O)CCC12. The highest BCUT2D eigenvalue weighted by atomic mass is 16.8. The first-order chi connectivity index (χ1) is 11.9. The van der Waals surface area contributed by atoms with Crippen molar-refractivity contribution in [1.82, 2.24) is 0 Å². The van der Waals surface area contributed by atoms with E-state index in [0.717, 1.165) is 36.8 Å². The number of phenols is 1. The summed E-state index contributed by atoms with van der Waals surface area (Å²) in [5.74, 6) is 1.49. The average Bonchev–Trinajstić information content (AvgIpc) is 2.89. The van der Waals surface area contributed by atoms with E-state index in [1.807, 2.05) is 6.07 Å². The predicted octanol–water partition coefficient (Wildman–Crippen LogP) is 3.41. The van der Waals surface area contributed by atoms with E-state index >= 15 is 0 Å². The van der Waals surface area contributed by atoms with Crippen LogP contribution in [0.5, 0.6) is 11.5 Å². The third kappa shape index (κ3) is 2.20. The molecule has 2 saturated carbocycles. The molecular formula is C19H25NO5. The smallest absolute Gasteiger partial charge is 0.187 e. The number of phenolic OH excluding ortho intramolecular Hbond substituents is 1. The van der Waals surface area contributed by atoms with Gasteiger partial charge in [0.15, 0.2) is 11.5 Å². The third-order valence-corrected chi connectivity index (χ3v) is 7.07. The van der Waals surface area contributed by atoms with Gasteiger partial charge in [-0.3, -0.25) is 15.2 Å². The molecule has 0 aromatic heterocycles. The number of ether oxygens (including phenoxy) is 1. The number of carbonyl (C=O) groups is 1. The van der Waals surface area contributed by atoms with E-state index < -0.39 is 0 Å². The number of fused-ring (bicyclic) bond motifs is 5. The zero-order valence-corrected chi connectivity index (χ0v) is 14.7. The molecule has 0 bridgehead atoms. The molecule has 3 aliphatic rings. The molecule has 6 nitrogen and oxygen atoms in total. The Kier molecular flexibility index (Phi) is 3.74. The molecule has 3 aliphatic carbocycles. The lowest BCUT2D eigenvalue weighted by Gasteiger charge is -2.48. The van der Waals surface area contributed by atoms with Gasteiger partial charge in [0, 0.05) is 11.8 Å². The summed E-state index contributed by atoms with van der Waals surface area (Å²) in [7, 11) is 1.46. The molecule has 2 fully saturated rings. The van der Waals surface area contributed by atoms with Crippen molar-refractivity contribution in [2.45, 2.75) is 51.4 Å². The Balaban J connectivity index is 1.81. The number of hydrogen-bond acceptors (Lipinski definition) is 6. The van der Waals surface area contributed by atoms with Gasteiger partial charge in [-0.25, -0.2) is 0 Å². The van der Waals surface area contributed by atoms with E-state index in [4.69, 9.17) is 4.74 Å². The Morgan fingerprint density at radius 2 is 2.00 bits per heavy atom. The molecule has 0 saturated heterocycles. The van der Waals surface area contributed by atoms with Crippen LogP contribution in [0.25, 0.3) is 0 Å². The maximum Gasteiger partial charge on any atom is 0.187 e. The second-order valence-electron chi connectivity index (χ2n) is 7.97. The summed E-state index contributed by atoms with van der Waals surface area (Å²) in [5, 5.41) is 29.6. The number of nitrogens with zero attached hydrogens (tertiary/aromatic N) is 1. The molecule has 0 radical (unpaired) electrons. The van der Waals surface area contributed by atoms with Crippen LogP contribution in [0.1, 0.15) is 56.1 Å². The van der Waals surface area contributed by atoms with Gasteiger partial charge in [-0.15, -0.1) is 5.23 Å². The van der Waals surface area contributed by atoms with Crippen molar-refractivity contribution >= 4 is 11.5 Å². The number of aromatic hydroxyl groups is 1. The molecule has 1 aromatic rings. The normalized spacial score (nSPS) is 33.4. The summed E-state index contributed by atoms with van der Waals surface area (Å²) in [6.45, 7) is 2.13. The van der Waals surface area contributed by atoms with Crippen LogP contribution in [0.3, 0.4) is 0 Å². The molecule has 3 unspecified atom stereocenters. The van der Waals surface area contributed by atoms with E-state index in [1.54, 1.807) is 0 Å². The van der Waals surface area contributed by atoms with Gasteiger partial charge in [0.1, 0.15) is 11.5 Å². The van der Waals surface area contributed by atoms with Crippen LogP contribution < -0.4 is 9.96 Å². The van der Waals surface area contributed by atoms with Crippen LogP contribution in [0, 0.1) is 17.3 Å². The van der Waals surface area contributed by atoms with Crippen molar-refractivity contribution in [3.63, 3.8) is 0 Å². The van der Waals surface area contributed by atoms with Gasteiger partial charge in [-0.2, -0.15) is 0 Å². The number of carbonyl (C=O) groups excluding carboxylic acids is 1. The van der Waals surface area contributed by atoms with Crippen LogP contribution in [-0.4, -0.2) is 28.4 Å². The van der Waals surface area contributed by atoms with Gasteiger partial charge in [-0.1, -0.05) is 6.92 Å². The fourth-order valence-corrected chi connectivity index (χ4v) is 5.82. The highest BCUT2D eigenvalue weighted by Gasteiger charge is 2.54. The number of benzene rings is 1. The quantitative estimate of drug-likeness (QED) is 0.710. The van der Waals surface area contributed by atoms with Crippen LogP contribution in [0.2, 0.25) is 0 Å². The summed E-state index contributed by atoms with van der Waals surface area (Å²) in [6, 6.07) is 1.84. The molecule has 25 heavy (non-hydrogen) atoms. The van der Waals surface area contributed by atoms with Crippen molar-refractivity contribution in [2.24, 2.45) is 17.3 Å². The second kappa shape index (κ2) is 5.61. The van der Waals surface area contributed by atoms with Gasteiger partial charge in [-0.05, 0) is 67.1 Å². The highest BCUT2D eigenvalue weighted by molar-refractivity contribution is 5.87. The molecule has 0 spiro atoms. The minimum Gasteiger partial charge on any atom is -0.503 e. The number of methoxy groups -OCH3 is 1. The zero-order valence-electron chi connectivity index (χ0n) is 14.7. The molecule has 0 aliphatic heterocycles. The van der Waals surface area contributed by atoms with Crippen molar-refractivity contribution in [1.29, 1.82) is 0 Å². The molecule has 136 valence electrons. The molecule has 4 atom stereocenters. The lowest BCUT2D eigenvalue weighted by Crippen LogP contribution is -2.42. The summed E-state index contributed by atoms with van der Waals surface area (Å²) in [4.78, 5) is 12.4. The first-order valence-corrected chi connectivity index (χ1v) is 9.02. The molecule has 3 N–H and O–H groups in total. The van der Waals surface area contributed by atoms with Crippen LogP contribution >= 0.6 is 0 Å². The number of anilines is 1. The number of rotatable bonds is 2. The molecule has 6 heteroatoms. The Bertz CT molecular complexity index is 731. The first-order valence-electron chi connectivity index (χ1n) is 9.02. The first kappa shape index (κ1) is 16.7. The lowest BCUT2D eigenvalue weighted by atomic mass is 9.55. The summed E-state index contributed by atoms with van der Waals surface area (Å²) >= 11 is 0. The Labute approximate surface area is 146 Å². The minimum absolute atomic E-state index is 0.00303. The number of ketones is 1. The summed E-state index contributed by atoms with van der Waals surface area (Å²) < 4.78 is 5.25. The Hall–Kier alpha value is -1.79. The Morgan fingerprint density at radius 1 is 1.24 bits per heavy atom. The lowest BCUT2D eigenvalue weighted by molar-refractivity contribution is -0.129. The Morgan fingerprint density at radius 3 is 2.68 bits per heavy atom. The summed E-state index contributed by atoms with van der Waals surface area (Å²) in [6.07, 6.45) is 4.97. The number of hydrogen-bond donors (Lipinski definition) is 3. The van der Waals surface area contributed by atoms with Crippen LogP contribution in [0.15, 0.2) is 6.07 Å². The standard InChI is InChI=1S/C19H25NO5/c1-19-8-7-10-11(14(19)5-6-16(19)21)3-4-12-13(10)9-15(25-2)18(22)17(12)20(23)24/h9-11,14,22-24H,3-8H2,1-2H3/t10?,11?,14?,19-/m0/s1. The third-order valence-electron chi connectivity index (χ3n) is 7.07. The number of Topliss-reactive ketones (excluding diaryl/α,β-unsaturated/α-hetero) is 1. The van der Waals surface area contributed by atoms with E-state index in [-0.39, 0.29) is 33.7 Å². The van der Waals surface area contributed by atoms with Gasteiger partial charge in [0.25, 0.3) is 0 Å². The fourth-order valence-electron chi connectivity index (χ4n) is 5.82. The second-order valence-corrected chi connectivity index (χ2v) is 7.97. The molecule has 0 heterocycles. The maximum absolute atomic E-state index is 12.4.